The maximum Gasteiger partial charge on any atom is 0.271 e. The van der Waals surface area contributed by atoms with Crippen LogP contribution in [0.15, 0.2) is 34.9 Å². The lowest BCUT2D eigenvalue weighted by molar-refractivity contribution is 0.0945. The molecule has 1 amide bonds. The molecule has 3 rings (SSSR count). The minimum atomic E-state index is -0.801. The largest absolute Gasteiger partial charge is 0.468 e. The van der Waals surface area contributed by atoms with Crippen molar-refractivity contribution < 1.29 is 18.3 Å². The van der Waals surface area contributed by atoms with E-state index in [4.69, 9.17) is 4.74 Å². The Morgan fingerprint density at radius 2 is 2.03 bits per heavy atom. The third-order valence-corrected chi connectivity index (χ3v) is 5.39. The van der Waals surface area contributed by atoms with E-state index >= 15 is 0 Å². The molecule has 29 heavy (non-hydrogen) atoms. The summed E-state index contributed by atoms with van der Waals surface area (Å²) in [7, 11) is 0. The zero-order valence-corrected chi connectivity index (χ0v) is 17.5. The van der Waals surface area contributed by atoms with Crippen LogP contribution in [0.25, 0.3) is 0 Å². The number of ether oxygens (including phenoxy) is 1. The summed E-state index contributed by atoms with van der Waals surface area (Å²) in [4.78, 5) is 12.2. The maximum absolute atomic E-state index is 13.6. The van der Waals surface area contributed by atoms with Gasteiger partial charge in [-0.25, -0.2) is 13.5 Å². The lowest BCUT2D eigenvalue weighted by Crippen LogP contribution is -2.26. The van der Waals surface area contributed by atoms with Crippen LogP contribution < -0.4 is 10.1 Å². The van der Waals surface area contributed by atoms with Gasteiger partial charge in [-0.3, -0.25) is 9.48 Å². The zero-order chi connectivity index (χ0) is 21.0. The van der Waals surface area contributed by atoms with E-state index < -0.39 is 11.6 Å². The van der Waals surface area contributed by atoms with Crippen LogP contribution in [0.4, 0.5) is 8.78 Å². The minimum absolute atomic E-state index is 0.0938. The fourth-order valence-corrected chi connectivity index (χ4v) is 2.98. The number of hydrogen-bond acceptors (Lipinski definition) is 4. The Morgan fingerprint density at radius 3 is 2.72 bits per heavy atom. The Labute approximate surface area is 174 Å². The number of aromatic nitrogens is 4. The van der Waals surface area contributed by atoms with Crippen molar-refractivity contribution in [3.63, 3.8) is 0 Å². The molecule has 10 heteroatoms. The number of amides is 1. The van der Waals surface area contributed by atoms with Crippen molar-refractivity contribution in [3.8, 4) is 5.75 Å². The number of benzene rings is 1. The minimum Gasteiger partial charge on any atom is -0.468 e. The van der Waals surface area contributed by atoms with Gasteiger partial charge in [0.05, 0.1) is 10.2 Å². The van der Waals surface area contributed by atoms with Crippen LogP contribution in [0.5, 0.6) is 5.75 Å². The first kappa shape index (κ1) is 21.0. The second-order valence-electron chi connectivity index (χ2n) is 6.41. The van der Waals surface area contributed by atoms with Crippen molar-refractivity contribution in [1.82, 2.24) is 24.9 Å². The molecule has 0 saturated heterocycles. The topological polar surface area (TPSA) is 74.0 Å². The molecule has 0 aliphatic rings. The molecule has 1 aromatic carbocycles. The monoisotopic (exact) mass is 467 g/mol. The van der Waals surface area contributed by atoms with Crippen molar-refractivity contribution in [3.05, 3.63) is 63.7 Å². The van der Waals surface area contributed by atoms with Crippen LogP contribution in [0.1, 0.15) is 28.3 Å². The molecule has 3 aromatic rings. The summed E-state index contributed by atoms with van der Waals surface area (Å²) in [5.74, 6) is -1.89. The van der Waals surface area contributed by atoms with Crippen LogP contribution in [0.2, 0.25) is 0 Å². The second kappa shape index (κ2) is 9.17. The molecular weight excluding hydrogens is 448 g/mol. The summed E-state index contributed by atoms with van der Waals surface area (Å²) < 4.78 is 36.0. The average molecular weight is 468 g/mol. The van der Waals surface area contributed by atoms with Gasteiger partial charge in [0, 0.05) is 31.0 Å². The lowest BCUT2D eigenvalue weighted by atomic mass is 10.3. The van der Waals surface area contributed by atoms with E-state index in [9.17, 15) is 13.6 Å². The first-order chi connectivity index (χ1) is 13.8. The van der Waals surface area contributed by atoms with Crippen LogP contribution >= 0.6 is 15.9 Å². The molecule has 0 aliphatic carbocycles. The number of nitrogens with zero attached hydrogens (tertiary/aromatic N) is 4. The van der Waals surface area contributed by atoms with Gasteiger partial charge in [0.2, 0.25) is 0 Å². The fourth-order valence-electron chi connectivity index (χ4n) is 2.70. The number of nitrogens with one attached hydrogen (secondary N) is 1. The molecule has 0 unspecified atom stereocenters. The van der Waals surface area contributed by atoms with E-state index in [2.05, 4.69) is 31.4 Å². The number of aryl methyl sites for hydroxylation is 2. The third kappa shape index (κ3) is 5.20. The predicted molar refractivity (Wildman–Crippen MR) is 106 cm³/mol. The number of carbonyl (C=O) groups is 1. The Bertz CT molecular complexity index is 1020. The standard InChI is InChI=1S/C19H20BrF2N5O2/c1-12-18(20)13(2)27(24-12)8-3-7-23-19(28)16-6-9-26(25-16)11-29-17-5-4-14(21)10-15(17)22/h4-6,9-10H,3,7-8,11H2,1-2H3,(H,23,28). The highest BCUT2D eigenvalue weighted by Gasteiger charge is 2.11. The first-order valence-corrected chi connectivity index (χ1v) is 9.73. The molecule has 0 saturated carbocycles. The zero-order valence-electron chi connectivity index (χ0n) is 16.0. The van der Waals surface area contributed by atoms with E-state index in [1.807, 2.05) is 18.5 Å². The van der Waals surface area contributed by atoms with Gasteiger partial charge in [0.1, 0.15) is 11.5 Å². The van der Waals surface area contributed by atoms with Gasteiger partial charge in [-0.1, -0.05) is 0 Å². The number of rotatable bonds is 8. The Kier molecular flexibility index (Phi) is 6.63. The van der Waals surface area contributed by atoms with Gasteiger partial charge in [-0.2, -0.15) is 10.2 Å². The van der Waals surface area contributed by atoms with Gasteiger partial charge < -0.3 is 10.1 Å². The quantitative estimate of drug-likeness (QED) is 0.513. The highest BCUT2D eigenvalue weighted by atomic mass is 79.9. The third-order valence-electron chi connectivity index (χ3n) is 4.24. The van der Waals surface area contributed by atoms with Crippen LogP contribution in [0.3, 0.4) is 0 Å². The van der Waals surface area contributed by atoms with Gasteiger partial charge in [0.25, 0.3) is 5.91 Å². The number of halogens is 3. The van der Waals surface area contributed by atoms with Gasteiger partial charge in [-0.05, 0) is 54.4 Å². The Morgan fingerprint density at radius 1 is 1.24 bits per heavy atom. The van der Waals surface area contributed by atoms with Crippen molar-refractivity contribution in [1.29, 1.82) is 0 Å². The van der Waals surface area contributed by atoms with Crippen molar-refractivity contribution in [2.24, 2.45) is 0 Å². The summed E-state index contributed by atoms with van der Waals surface area (Å²) >= 11 is 3.49. The molecule has 2 heterocycles. The summed E-state index contributed by atoms with van der Waals surface area (Å²) in [5, 5.41) is 11.3. The number of carbonyl (C=O) groups excluding carboxylic acids is 1. The molecule has 1 N–H and O–H groups in total. The molecule has 7 nitrogen and oxygen atoms in total. The van der Waals surface area contributed by atoms with E-state index in [1.165, 1.54) is 16.8 Å². The van der Waals surface area contributed by atoms with Gasteiger partial charge >= 0.3 is 0 Å². The molecule has 0 spiro atoms. The van der Waals surface area contributed by atoms with E-state index in [0.717, 1.165) is 28.0 Å². The Hall–Kier alpha value is -2.75. The SMILES string of the molecule is Cc1nn(CCCNC(=O)c2ccn(COc3ccc(F)cc3F)n2)c(C)c1Br. The normalized spacial score (nSPS) is 10.9. The molecule has 0 radical (unpaired) electrons. The molecule has 0 aliphatic heterocycles. The molecular formula is C19H20BrF2N5O2. The van der Waals surface area contributed by atoms with Crippen LogP contribution in [-0.4, -0.2) is 32.0 Å². The van der Waals surface area contributed by atoms with E-state index in [1.54, 1.807) is 6.20 Å². The summed E-state index contributed by atoms with van der Waals surface area (Å²) in [6.07, 6.45) is 2.26. The maximum atomic E-state index is 13.6. The molecule has 154 valence electrons. The smallest absolute Gasteiger partial charge is 0.271 e. The second-order valence-corrected chi connectivity index (χ2v) is 7.20. The highest BCUT2D eigenvalue weighted by molar-refractivity contribution is 9.10. The summed E-state index contributed by atoms with van der Waals surface area (Å²) in [5.41, 5.74) is 2.20. The average Bonchev–Trinajstić information content (AvgIpc) is 3.25. The number of hydrogen-bond donors (Lipinski definition) is 1. The van der Waals surface area contributed by atoms with Gasteiger partial charge in [-0.15, -0.1) is 0 Å². The van der Waals surface area contributed by atoms with Gasteiger partial charge in [0.15, 0.2) is 18.3 Å². The summed E-state index contributed by atoms with van der Waals surface area (Å²) in [6.45, 7) is 4.96. The predicted octanol–water partition coefficient (Wildman–Crippen LogP) is 3.59. The lowest BCUT2D eigenvalue weighted by Gasteiger charge is -2.07. The Balaban J connectivity index is 1.45. The molecule has 0 bridgehead atoms. The van der Waals surface area contributed by atoms with Crippen molar-refractivity contribution >= 4 is 21.8 Å². The first-order valence-electron chi connectivity index (χ1n) is 8.94. The van der Waals surface area contributed by atoms with Crippen molar-refractivity contribution in [2.75, 3.05) is 6.54 Å². The summed E-state index contributed by atoms with van der Waals surface area (Å²) in [6, 6.07) is 4.58. The van der Waals surface area contributed by atoms with Crippen LogP contribution in [0, 0.1) is 25.5 Å². The van der Waals surface area contributed by atoms with Crippen molar-refractivity contribution in [2.45, 2.75) is 33.5 Å². The van der Waals surface area contributed by atoms with Crippen LogP contribution in [-0.2, 0) is 13.3 Å². The molecule has 2 aromatic heterocycles. The highest BCUT2D eigenvalue weighted by Crippen LogP contribution is 2.20. The molecule has 0 atom stereocenters. The fraction of sp³-hybridized carbons (Fsp3) is 0.316. The van der Waals surface area contributed by atoms with E-state index in [-0.39, 0.29) is 24.1 Å². The molecule has 0 fully saturated rings. The van der Waals surface area contributed by atoms with E-state index in [0.29, 0.717) is 19.5 Å².